The lowest BCUT2D eigenvalue weighted by molar-refractivity contribution is -0.0842. The Morgan fingerprint density at radius 2 is 0.870 bits per heavy atom. The van der Waals surface area contributed by atoms with Crippen LogP contribution in [0.1, 0.15) is 0 Å². The molecule has 2 unspecified atom stereocenters. The predicted octanol–water partition coefficient (Wildman–Crippen LogP) is 2.55. The molecule has 0 aliphatic rings. The molecule has 0 aliphatic carbocycles. The summed E-state index contributed by atoms with van der Waals surface area (Å²) >= 11 is 0. The maximum Gasteiger partial charge on any atom is 0.105 e. The first-order chi connectivity index (χ1) is 11.3. The quantitative estimate of drug-likeness (QED) is 0.286. The highest BCUT2D eigenvalue weighted by Gasteiger charge is 2.13. The van der Waals surface area contributed by atoms with E-state index in [9.17, 15) is 0 Å². The summed E-state index contributed by atoms with van der Waals surface area (Å²) in [6.07, 6.45) is 6.45. The molecule has 0 rings (SSSR count). The van der Waals surface area contributed by atoms with Crippen LogP contribution in [-0.2, 0) is 23.7 Å². The van der Waals surface area contributed by atoms with Crippen LogP contribution in [0, 0.1) is 0 Å². The lowest BCUT2D eigenvalue weighted by Gasteiger charge is -2.20. The van der Waals surface area contributed by atoms with Crippen molar-refractivity contribution in [1.29, 1.82) is 0 Å². The summed E-state index contributed by atoms with van der Waals surface area (Å²) in [6, 6.07) is 0. The Kier molecular flexibility index (Phi) is 16.2. The summed E-state index contributed by atoms with van der Waals surface area (Å²) in [7, 11) is 0. The summed E-state index contributed by atoms with van der Waals surface area (Å²) in [5, 5.41) is 0. The summed E-state index contributed by atoms with van der Waals surface area (Å²) < 4.78 is 27.7. The molecule has 0 aromatic rings. The summed E-state index contributed by atoms with van der Waals surface area (Å²) in [4.78, 5) is 0. The number of ether oxygens (including phenoxy) is 5. The van der Waals surface area contributed by atoms with E-state index < -0.39 is 0 Å². The Hall–Kier alpha value is -1.24. The lowest BCUT2D eigenvalue weighted by Crippen LogP contribution is -2.31. The highest BCUT2D eigenvalue weighted by atomic mass is 16.6. The van der Waals surface area contributed by atoms with Crippen LogP contribution in [-0.4, -0.2) is 65.1 Å². The zero-order valence-electron chi connectivity index (χ0n) is 14.0. The third-order valence-electron chi connectivity index (χ3n) is 2.59. The minimum Gasteiger partial charge on any atom is -0.376 e. The van der Waals surface area contributed by atoms with Gasteiger partial charge in [0.25, 0.3) is 0 Å². The third-order valence-corrected chi connectivity index (χ3v) is 2.59. The SMILES string of the molecule is C=CCOCC(COCC(COCC=C)OCC=C)OCC=C. The Morgan fingerprint density at radius 3 is 1.22 bits per heavy atom. The van der Waals surface area contributed by atoms with Crippen LogP contribution >= 0.6 is 0 Å². The van der Waals surface area contributed by atoms with E-state index in [1.807, 2.05) is 0 Å². The predicted molar refractivity (Wildman–Crippen MR) is 92.7 cm³/mol. The van der Waals surface area contributed by atoms with Gasteiger partial charge in [-0.3, -0.25) is 0 Å². The average molecular weight is 326 g/mol. The Morgan fingerprint density at radius 1 is 0.522 bits per heavy atom. The van der Waals surface area contributed by atoms with Crippen LogP contribution in [0.4, 0.5) is 0 Å². The number of hydrogen-bond acceptors (Lipinski definition) is 5. The van der Waals surface area contributed by atoms with Crippen molar-refractivity contribution in [3.63, 3.8) is 0 Å². The first-order valence-electron chi connectivity index (χ1n) is 7.68. The van der Waals surface area contributed by atoms with Gasteiger partial charge in [0.15, 0.2) is 0 Å². The third kappa shape index (κ3) is 14.1. The maximum atomic E-state index is 5.68. The smallest absolute Gasteiger partial charge is 0.105 e. The van der Waals surface area contributed by atoms with Crippen molar-refractivity contribution in [2.45, 2.75) is 12.2 Å². The van der Waals surface area contributed by atoms with Gasteiger partial charge < -0.3 is 23.7 Å². The molecule has 132 valence electrons. The van der Waals surface area contributed by atoms with E-state index in [-0.39, 0.29) is 12.2 Å². The normalized spacial score (nSPS) is 13.2. The second kappa shape index (κ2) is 17.1. The van der Waals surface area contributed by atoms with Crippen molar-refractivity contribution < 1.29 is 23.7 Å². The van der Waals surface area contributed by atoms with Crippen LogP contribution in [0.3, 0.4) is 0 Å². The Balaban J connectivity index is 4.12. The first kappa shape index (κ1) is 21.8. The molecular formula is C18H30O5. The van der Waals surface area contributed by atoms with E-state index in [0.29, 0.717) is 52.9 Å². The van der Waals surface area contributed by atoms with Gasteiger partial charge in [0, 0.05) is 0 Å². The van der Waals surface area contributed by atoms with Gasteiger partial charge in [-0.05, 0) is 0 Å². The first-order valence-corrected chi connectivity index (χ1v) is 7.68. The molecule has 0 amide bonds. The summed E-state index contributed by atoms with van der Waals surface area (Å²) in [6.45, 7) is 18.0. The number of rotatable bonds is 18. The van der Waals surface area contributed by atoms with Gasteiger partial charge in [-0.2, -0.15) is 0 Å². The van der Waals surface area contributed by atoms with Gasteiger partial charge in [-0.15, -0.1) is 26.3 Å². The van der Waals surface area contributed by atoms with E-state index in [0.717, 1.165) is 0 Å². The molecule has 5 nitrogen and oxygen atoms in total. The molecule has 0 aromatic carbocycles. The van der Waals surface area contributed by atoms with E-state index >= 15 is 0 Å². The van der Waals surface area contributed by atoms with Gasteiger partial charge in [0.1, 0.15) is 12.2 Å². The summed E-state index contributed by atoms with van der Waals surface area (Å²) in [5.41, 5.74) is 0. The molecule has 0 N–H and O–H groups in total. The van der Waals surface area contributed by atoms with Gasteiger partial charge >= 0.3 is 0 Å². The van der Waals surface area contributed by atoms with Crippen molar-refractivity contribution in [3.8, 4) is 0 Å². The van der Waals surface area contributed by atoms with E-state index in [1.54, 1.807) is 24.3 Å². The standard InChI is InChI=1S/C18H30O5/c1-5-9-19-13-17(22-11-7-3)15-21-16-18(23-12-8-4)14-20-10-6-2/h5-8,17-18H,1-4,9-16H2. The molecular weight excluding hydrogens is 296 g/mol. The zero-order valence-corrected chi connectivity index (χ0v) is 14.0. The van der Waals surface area contributed by atoms with E-state index in [2.05, 4.69) is 26.3 Å². The van der Waals surface area contributed by atoms with Gasteiger partial charge in [0.05, 0.1) is 52.9 Å². The number of hydrogen-bond donors (Lipinski definition) is 0. The van der Waals surface area contributed by atoms with Crippen LogP contribution in [0.5, 0.6) is 0 Å². The Labute approximate surface area is 140 Å². The molecule has 0 radical (unpaired) electrons. The molecule has 0 saturated heterocycles. The summed E-state index contributed by atoms with van der Waals surface area (Å²) in [5.74, 6) is 0. The van der Waals surface area contributed by atoms with Crippen LogP contribution < -0.4 is 0 Å². The molecule has 0 saturated carbocycles. The molecule has 0 fully saturated rings. The fourth-order valence-electron chi connectivity index (χ4n) is 1.59. The fourth-order valence-corrected chi connectivity index (χ4v) is 1.59. The monoisotopic (exact) mass is 326 g/mol. The Bertz CT molecular complexity index is 287. The van der Waals surface area contributed by atoms with Gasteiger partial charge in [-0.1, -0.05) is 24.3 Å². The average Bonchev–Trinajstić information content (AvgIpc) is 2.56. The van der Waals surface area contributed by atoms with Crippen molar-refractivity contribution in [2.24, 2.45) is 0 Å². The van der Waals surface area contributed by atoms with Crippen molar-refractivity contribution in [1.82, 2.24) is 0 Å². The van der Waals surface area contributed by atoms with Crippen LogP contribution in [0.2, 0.25) is 0 Å². The van der Waals surface area contributed by atoms with Crippen LogP contribution in [0.25, 0.3) is 0 Å². The minimum atomic E-state index is -0.165. The van der Waals surface area contributed by atoms with Crippen molar-refractivity contribution in [3.05, 3.63) is 50.6 Å². The maximum absolute atomic E-state index is 5.68. The molecule has 5 heteroatoms. The van der Waals surface area contributed by atoms with Gasteiger partial charge in [-0.25, -0.2) is 0 Å². The van der Waals surface area contributed by atoms with Crippen LogP contribution in [0.15, 0.2) is 50.6 Å². The van der Waals surface area contributed by atoms with E-state index in [1.165, 1.54) is 0 Å². The van der Waals surface area contributed by atoms with Crippen molar-refractivity contribution >= 4 is 0 Å². The lowest BCUT2D eigenvalue weighted by atomic mass is 10.3. The van der Waals surface area contributed by atoms with Crippen molar-refractivity contribution in [2.75, 3.05) is 52.9 Å². The molecule has 2 atom stereocenters. The highest BCUT2D eigenvalue weighted by molar-refractivity contribution is 4.70. The molecule has 23 heavy (non-hydrogen) atoms. The molecule has 0 aromatic heterocycles. The highest BCUT2D eigenvalue weighted by Crippen LogP contribution is 2.00. The largest absolute Gasteiger partial charge is 0.376 e. The minimum absolute atomic E-state index is 0.165. The molecule has 0 spiro atoms. The second-order valence-corrected chi connectivity index (χ2v) is 4.68. The zero-order chi connectivity index (χ0) is 17.2. The second-order valence-electron chi connectivity index (χ2n) is 4.68. The van der Waals surface area contributed by atoms with E-state index in [4.69, 9.17) is 23.7 Å². The fraction of sp³-hybridized carbons (Fsp3) is 0.556. The molecule has 0 aliphatic heterocycles. The van der Waals surface area contributed by atoms with Gasteiger partial charge in [0.2, 0.25) is 0 Å². The topological polar surface area (TPSA) is 46.2 Å². The molecule has 0 bridgehead atoms. The molecule has 0 heterocycles.